The van der Waals surface area contributed by atoms with E-state index in [4.69, 9.17) is 0 Å². The van der Waals surface area contributed by atoms with Crippen LogP contribution in [-0.2, 0) is 5.41 Å². The van der Waals surface area contributed by atoms with Crippen molar-refractivity contribution in [3.8, 4) is 0 Å². The van der Waals surface area contributed by atoms with Crippen LogP contribution in [0.2, 0.25) is 0 Å². The number of fused-ring (bicyclic) bond motifs is 1. The molecule has 2 nitrogen and oxygen atoms in total. The van der Waals surface area contributed by atoms with Crippen LogP contribution in [-0.4, -0.2) is 9.38 Å². The van der Waals surface area contributed by atoms with Crippen molar-refractivity contribution in [2.45, 2.75) is 53.9 Å². The molecule has 0 aromatic carbocycles. The molecule has 0 atom stereocenters. The molecule has 2 aromatic heterocycles. The molecule has 2 aromatic rings. The van der Waals surface area contributed by atoms with Crippen molar-refractivity contribution in [1.29, 1.82) is 0 Å². The Morgan fingerprint density at radius 2 is 1.50 bits per heavy atom. The van der Waals surface area contributed by atoms with Crippen molar-refractivity contribution in [1.82, 2.24) is 9.38 Å². The summed E-state index contributed by atoms with van der Waals surface area (Å²) in [5.74, 6) is 0. The Morgan fingerprint density at radius 3 is 1.94 bits per heavy atom. The molecule has 0 amide bonds. The number of pyridine rings is 1. The van der Waals surface area contributed by atoms with Gasteiger partial charge in [-0.05, 0) is 17.5 Å². The van der Waals surface area contributed by atoms with Crippen LogP contribution in [0.3, 0.4) is 0 Å². The van der Waals surface area contributed by atoms with Crippen molar-refractivity contribution in [3.63, 3.8) is 0 Å². The van der Waals surface area contributed by atoms with E-state index < -0.39 is 0 Å². The zero-order chi connectivity index (χ0) is 14.0. The average Bonchev–Trinajstić information content (AvgIpc) is 2.57. The molecule has 0 bridgehead atoms. The molecule has 2 heterocycles. The van der Waals surface area contributed by atoms with E-state index in [2.05, 4.69) is 64.0 Å². The van der Waals surface area contributed by atoms with E-state index in [1.807, 2.05) is 24.4 Å². The molecule has 2 heteroatoms. The van der Waals surface area contributed by atoms with Crippen molar-refractivity contribution in [2.75, 3.05) is 0 Å². The Bertz CT molecular complexity index is 457. The van der Waals surface area contributed by atoms with E-state index in [1.165, 1.54) is 0 Å². The SMILES string of the molecule is CC(C)(C)C.CC(C)(C)c1cn2ccccc2n1. The number of nitrogens with zero attached hydrogens (tertiary/aromatic N) is 2. The summed E-state index contributed by atoms with van der Waals surface area (Å²) in [6.45, 7) is 15.3. The zero-order valence-electron chi connectivity index (χ0n) is 12.8. The normalized spacial score (nSPS) is 12.2. The average molecular weight is 246 g/mol. The third-order valence-corrected chi connectivity index (χ3v) is 2.13. The molecule has 0 aliphatic rings. The number of hydrogen-bond acceptors (Lipinski definition) is 1. The van der Waals surface area contributed by atoms with Crippen LogP contribution in [0.15, 0.2) is 30.6 Å². The monoisotopic (exact) mass is 246 g/mol. The van der Waals surface area contributed by atoms with E-state index in [-0.39, 0.29) is 5.41 Å². The van der Waals surface area contributed by atoms with Crippen LogP contribution in [0.25, 0.3) is 5.65 Å². The maximum atomic E-state index is 4.55. The lowest BCUT2D eigenvalue weighted by Gasteiger charge is -2.13. The van der Waals surface area contributed by atoms with Crippen molar-refractivity contribution in [2.24, 2.45) is 5.41 Å². The van der Waals surface area contributed by atoms with Gasteiger partial charge in [0.2, 0.25) is 0 Å². The van der Waals surface area contributed by atoms with Crippen LogP contribution >= 0.6 is 0 Å². The number of hydrogen-bond donors (Lipinski definition) is 0. The lowest BCUT2D eigenvalue weighted by Crippen LogP contribution is -2.11. The Hall–Kier alpha value is -1.31. The van der Waals surface area contributed by atoms with Crippen LogP contribution < -0.4 is 0 Å². The first kappa shape index (κ1) is 14.7. The first-order chi connectivity index (χ1) is 8.07. The molecule has 0 saturated carbocycles. The molecule has 100 valence electrons. The second-order valence-electron chi connectivity index (χ2n) is 7.34. The van der Waals surface area contributed by atoms with Gasteiger partial charge in [0.15, 0.2) is 0 Å². The summed E-state index contributed by atoms with van der Waals surface area (Å²) in [4.78, 5) is 4.55. The van der Waals surface area contributed by atoms with Gasteiger partial charge >= 0.3 is 0 Å². The minimum atomic E-state index is 0.131. The molecule has 0 aliphatic heterocycles. The fourth-order valence-corrected chi connectivity index (χ4v) is 1.30. The predicted molar refractivity (Wildman–Crippen MR) is 79.0 cm³/mol. The standard InChI is InChI=1S/C11H14N2.C5H12/c1-11(2,3)9-8-13-7-5-4-6-10(13)12-9;1-5(2,3)4/h4-8H,1-3H3;1-4H3. The number of rotatable bonds is 0. The van der Waals surface area contributed by atoms with Gasteiger partial charge in [-0.25, -0.2) is 4.98 Å². The van der Waals surface area contributed by atoms with Gasteiger partial charge in [0.05, 0.1) is 5.69 Å². The minimum absolute atomic E-state index is 0.131. The molecule has 0 radical (unpaired) electrons. The van der Waals surface area contributed by atoms with Crippen LogP contribution in [0, 0.1) is 5.41 Å². The largest absolute Gasteiger partial charge is 0.307 e. The maximum Gasteiger partial charge on any atom is 0.136 e. The molecule has 0 N–H and O–H groups in total. The fraction of sp³-hybridized carbons (Fsp3) is 0.562. The molecule has 18 heavy (non-hydrogen) atoms. The molecule has 2 rings (SSSR count). The van der Waals surface area contributed by atoms with Crippen molar-refractivity contribution in [3.05, 3.63) is 36.3 Å². The number of aromatic nitrogens is 2. The summed E-state index contributed by atoms with van der Waals surface area (Å²) >= 11 is 0. The quantitative estimate of drug-likeness (QED) is 0.659. The van der Waals surface area contributed by atoms with Gasteiger partial charge in [0.1, 0.15) is 5.65 Å². The van der Waals surface area contributed by atoms with Gasteiger partial charge < -0.3 is 4.40 Å². The molecule has 0 saturated heterocycles. The first-order valence-corrected chi connectivity index (χ1v) is 6.51. The Balaban J connectivity index is 0.000000280. The summed E-state index contributed by atoms with van der Waals surface area (Å²) in [5.41, 5.74) is 2.79. The van der Waals surface area contributed by atoms with Gasteiger partial charge in [-0.3, -0.25) is 0 Å². The number of imidazole rings is 1. The van der Waals surface area contributed by atoms with Gasteiger partial charge in [-0.2, -0.15) is 0 Å². The van der Waals surface area contributed by atoms with E-state index in [0.717, 1.165) is 11.3 Å². The molecule has 0 aliphatic carbocycles. The van der Waals surface area contributed by atoms with Crippen LogP contribution in [0.4, 0.5) is 0 Å². The molecular formula is C16H26N2. The van der Waals surface area contributed by atoms with E-state index in [0.29, 0.717) is 5.41 Å². The van der Waals surface area contributed by atoms with Crippen LogP contribution in [0.5, 0.6) is 0 Å². The van der Waals surface area contributed by atoms with E-state index in [9.17, 15) is 0 Å². The Morgan fingerprint density at radius 1 is 0.944 bits per heavy atom. The summed E-state index contributed by atoms with van der Waals surface area (Å²) in [6, 6.07) is 6.05. The van der Waals surface area contributed by atoms with Crippen molar-refractivity contribution < 1.29 is 0 Å². The topological polar surface area (TPSA) is 17.3 Å². The second kappa shape index (κ2) is 5.13. The molecule has 0 spiro atoms. The van der Waals surface area contributed by atoms with Crippen molar-refractivity contribution >= 4 is 5.65 Å². The lowest BCUT2D eigenvalue weighted by atomic mass is 9.93. The third kappa shape index (κ3) is 4.91. The van der Waals surface area contributed by atoms with Gasteiger partial charge in [0, 0.05) is 17.8 Å². The summed E-state index contributed by atoms with van der Waals surface area (Å²) in [5, 5.41) is 0. The van der Waals surface area contributed by atoms with Gasteiger partial charge in [0.25, 0.3) is 0 Å². The Kier molecular flexibility index (Phi) is 4.20. The molecule has 0 unspecified atom stereocenters. The smallest absolute Gasteiger partial charge is 0.136 e. The second-order valence-corrected chi connectivity index (χ2v) is 7.34. The van der Waals surface area contributed by atoms with E-state index in [1.54, 1.807) is 0 Å². The Labute approximate surface area is 111 Å². The summed E-state index contributed by atoms with van der Waals surface area (Å²) < 4.78 is 2.06. The highest BCUT2D eigenvalue weighted by Gasteiger charge is 2.16. The highest BCUT2D eigenvalue weighted by Crippen LogP contribution is 2.21. The predicted octanol–water partition coefficient (Wildman–Crippen LogP) is 4.68. The first-order valence-electron chi connectivity index (χ1n) is 6.51. The third-order valence-electron chi connectivity index (χ3n) is 2.13. The van der Waals surface area contributed by atoms with Crippen LogP contribution in [0.1, 0.15) is 54.2 Å². The summed E-state index contributed by atoms with van der Waals surface area (Å²) in [6.07, 6.45) is 4.12. The summed E-state index contributed by atoms with van der Waals surface area (Å²) in [7, 11) is 0. The minimum Gasteiger partial charge on any atom is -0.307 e. The van der Waals surface area contributed by atoms with Gasteiger partial charge in [-0.15, -0.1) is 0 Å². The zero-order valence-corrected chi connectivity index (χ0v) is 12.8. The maximum absolute atomic E-state index is 4.55. The fourth-order valence-electron chi connectivity index (χ4n) is 1.30. The highest BCUT2D eigenvalue weighted by molar-refractivity contribution is 5.40. The van der Waals surface area contributed by atoms with Gasteiger partial charge in [-0.1, -0.05) is 54.5 Å². The molecular weight excluding hydrogens is 220 g/mol. The highest BCUT2D eigenvalue weighted by atomic mass is 15.0. The molecule has 0 fully saturated rings. The van der Waals surface area contributed by atoms with E-state index >= 15 is 0 Å². The lowest BCUT2D eigenvalue weighted by molar-refractivity contribution is 0.469.